The van der Waals surface area contributed by atoms with Crippen LogP contribution in [0.25, 0.3) is 0 Å². The monoisotopic (exact) mass is 270 g/mol. The van der Waals surface area contributed by atoms with Crippen molar-refractivity contribution < 1.29 is 9.53 Å². The number of alkyl halides is 1. The Morgan fingerprint density at radius 1 is 1.53 bits per heavy atom. The molecular weight excluding hydrogens is 256 g/mol. The molecule has 82 valence electrons. The lowest BCUT2D eigenvalue weighted by molar-refractivity contribution is -0.116. The Morgan fingerprint density at radius 2 is 2.20 bits per heavy atom. The second-order valence-corrected chi connectivity index (χ2v) is 4.28. The van der Waals surface area contributed by atoms with Crippen molar-refractivity contribution in [1.82, 2.24) is 0 Å². The van der Waals surface area contributed by atoms with Gasteiger partial charge < -0.3 is 4.74 Å². The molecular formula is C12H15BrO2. The lowest BCUT2D eigenvalue weighted by atomic mass is 10.0. The fraction of sp³-hybridized carbons (Fsp3) is 0.417. The highest BCUT2D eigenvalue weighted by Crippen LogP contribution is 2.34. The third-order valence-electron chi connectivity index (χ3n) is 2.34. The predicted molar refractivity (Wildman–Crippen MR) is 64.7 cm³/mol. The number of aryl methyl sites for hydroxylation is 1. The highest BCUT2D eigenvalue weighted by molar-refractivity contribution is 9.09. The lowest BCUT2D eigenvalue weighted by Crippen LogP contribution is -2.05. The van der Waals surface area contributed by atoms with E-state index in [1.54, 1.807) is 14.0 Å². The highest BCUT2D eigenvalue weighted by atomic mass is 79.9. The summed E-state index contributed by atoms with van der Waals surface area (Å²) in [4.78, 5) is 11.0. The van der Waals surface area contributed by atoms with Crippen LogP contribution in [0.2, 0.25) is 0 Å². The van der Waals surface area contributed by atoms with Crippen LogP contribution in [0.1, 0.15) is 29.8 Å². The normalized spacial score (nSPS) is 12.3. The van der Waals surface area contributed by atoms with Crippen LogP contribution < -0.4 is 4.74 Å². The largest absolute Gasteiger partial charge is 0.496 e. The quantitative estimate of drug-likeness (QED) is 0.785. The van der Waals surface area contributed by atoms with E-state index < -0.39 is 0 Å². The van der Waals surface area contributed by atoms with Crippen molar-refractivity contribution in [2.45, 2.75) is 25.1 Å². The molecule has 0 aliphatic carbocycles. The van der Waals surface area contributed by atoms with Crippen LogP contribution in [0.4, 0.5) is 0 Å². The number of benzene rings is 1. The molecule has 15 heavy (non-hydrogen) atoms. The van der Waals surface area contributed by atoms with Gasteiger partial charge >= 0.3 is 0 Å². The molecule has 0 fully saturated rings. The van der Waals surface area contributed by atoms with Gasteiger partial charge in [-0.15, -0.1) is 0 Å². The van der Waals surface area contributed by atoms with Gasteiger partial charge in [-0.1, -0.05) is 41.1 Å². The van der Waals surface area contributed by atoms with E-state index in [-0.39, 0.29) is 10.6 Å². The van der Waals surface area contributed by atoms with E-state index in [0.29, 0.717) is 0 Å². The summed E-state index contributed by atoms with van der Waals surface area (Å²) >= 11 is 3.38. The summed E-state index contributed by atoms with van der Waals surface area (Å²) in [5, 5.41) is 0. The molecule has 0 spiro atoms. The SMILES string of the molecule is CCc1cccc(C(Br)C(C)=O)c1OC. The number of para-hydroxylation sites is 1. The summed E-state index contributed by atoms with van der Waals surface area (Å²) in [6.07, 6.45) is 0.897. The van der Waals surface area contributed by atoms with Crippen LogP contribution >= 0.6 is 15.9 Å². The van der Waals surface area contributed by atoms with Crippen LogP contribution in [0.15, 0.2) is 18.2 Å². The van der Waals surface area contributed by atoms with E-state index in [4.69, 9.17) is 4.74 Å². The first-order valence-electron chi connectivity index (χ1n) is 4.92. The zero-order valence-corrected chi connectivity index (χ0v) is 10.8. The van der Waals surface area contributed by atoms with E-state index in [1.807, 2.05) is 18.2 Å². The average Bonchev–Trinajstić information content (AvgIpc) is 2.26. The third-order valence-corrected chi connectivity index (χ3v) is 3.48. The predicted octanol–water partition coefficient (Wildman–Crippen LogP) is 3.28. The molecule has 0 saturated carbocycles. The van der Waals surface area contributed by atoms with Crippen molar-refractivity contribution in [3.8, 4) is 5.75 Å². The summed E-state index contributed by atoms with van der Waals surface area (Å²) < 4.78 is 5.36. The number of carbonyl (C=O) groups is 1. The van der Waals surface area contributed by atoms with Crippen molar-refractivity contribution in [1.29, 1.82) is 0 Å². The smallest absolute Gasteiger partial charge is 0.147 e. The van der Waals surface area contributed by atoms with Crippen molar-refractivity contribution in [3.05, 3.63) is 29.3 Å². The van der Waals surface area contributed by atoms with Crippen molar-refractivity contribution in [3.63, 3.8) is 0 Å². The number of Topliss-reactive ketones (excluding diaryl/α,β-unsaturated/α-hetero) is 1. The minimum absolute atomic E-state index is 0.0848. The number of methoxy groups -OCH3 is 1. The Balaban J connectivity index is 3.22. The first-order valence-corrected chi connectivity index (χ1v) is 5.83. The van der Waals surface area contributed by atoms with Gasteiger partial charge in [0.2, 0.25) is 0 Å². The Bertz CT molecular complexity index is 361. The molecule has 0 amide bonds. The minimum atomic E-state index is -0.279. The van der Waals surface area contributed by atoms with Gasteiger partial charge in [0, 0.05) is 5.56 Å². The maximum Gasteiger partial charge on any atom is 0.147 e. The average molecular weight is 271 g/mol. The minimum Gasteiger partial charge on any atom is -0.496 e. The number of carbonyl (C=O) groups excluding carboxylic acids is 1. The van der Waals surface area contributed by atoms with E-state index in [0.717, 1.165) is 23.3 Å². The standard InChI is InChI=1S/C12H15BrO2/c1-4-9-6-5-7-10(12(9)15-3)11(13)8(2)14/h5-7,11H,4H2,1-3H3. The Hall–Kier alpha value is -0.830. The van der Waals surface area contributed by atoms with Gasteiger partial charge in [-0.25, -0.2) is 0 Å². The Kier molecular flexibility index (Phi) is 4.33. The van der Waals surface area contributed by atoms with Gasteiger partial charge in [0.1, 0.15) is 16.4 Å². The molecule has 2 nitrogen and oxygen atoms in total. The van der Waals surface area contributed by atoms with E-state index in [1.165, 1.54) is 0 Å². The highest BCUT2D eigenvalue weighted by Gasteiger charge is 2.18. The molecule has 0 aliphatic heterocycles. The summed E-state index contributed by atoms with van der Waals surface area (Å²) in [6, 6.07) is 5.88. The fourth-order valence-corrected chi connectivity index (χ4v) is 1.91. The van der Waals surface area contributed by atoms with Gasteiger partial charge in [0.05, 0.1) is 7.11 Å². The van der Waals surface area contributed by atoms with Crippen LogP contribution in [-0.4, -0.2) is 12.9 Å². The van der Waals surface area contributed by atoms with Gasteiger partial charge in [-0.05, 0) is 18.9 Å². The van der Waals surface area contributed by atoms with E-state index >= 15 is 0 Å². The van der Waals surface area contributed by atoms with Gasteiger partial charge in [-0.3, -0.25) is 4.79 Å². The van der Waals surface area contributed by atoms with Crippen molar-refractivity contribution in [2.24, 2.45) is 0 Å². The molecule has 1 aromatic carbocycles. The summed E-state index contributed by atoms with van der Waals surface area (Å²) in [5.41, 5.74) is 2.03. The molecule has 1 aromatic rings. The maximum atomic E-state index is 11.3. The van der Waals surface area contributed by atoms with E-state index in [9.17, 15) is 4.79 Å². The molecule has 0 heterocycles. The van der Waals surface area contributed by atoms with Gasteiger partial charge in [0.15, 0.2) is 0 Å². The van der Waals surface area contributed by atoms with Gasteiger partial charge in [-0.2, -0.15) is 0 Å². The summed E-state index contributed by atoms with van der Waals surface area (Å²) in [6.45, 7) is 3.64. The molecule has 0 aliphatic rings. The number of halogens is 1. The van der Waals surface area contributed by atoms with Gasteiger partial charge in [0.25, 0.3) is 0 Å². The lowest BCUT2D eigenvalue weighted by Gasteiger charge is -2.15. The van der Waals surface area contributed by atoms with Crippen molar-refractivity contribution >= 4 is 21.7 Å². The molecule has 1 rings (SSSR count). The van der Waals surface area contributed by atoms with E-state index in [2.05, 4.69) is 22.9 Å². The zero-order valence-electron chi connectivity index (χ0n) is 9.21. The second-order valence-electron chi connectivity index (χ2n) is 3.37. The van der Waals surface area contributed by atoms with Crippen LogP contribution in [0, 0.1) is 0 Å². The zero-order chi connectivity index (χ0) is 11.4. The second kappa shape index (κ2) is 5.31. The first-order chi connectivity index (χ1) is 7.11. The maximum absolute atomic E-state index is 11.3. The molecule has 0 aromatic heterocycles. The third kappa shape index (κ3) is 2.59. The molecule has 1 unspecified atom stereocenters. The molecule has 0 bridgehead atoms. The fourth-order valence-electron chi connectivity index (χ4n) is 1.55. The number of rotatable bonds is 4. The van der Waals surface area contributed by atoms with Crippen molar-refractivity contribution in [2.75, 3.05) is 7.11 Å². The number of ether oxygens (including phenoxy) is 1. The first kappa shape index (κ1) is 12.2. The molecule has 0 N–H and O–H groups in total. The Morgan fingerprint density at radius 3 is 2.67 bits per heavy atom. The number of hydrogen-bond acceptors (Lipinski definition) is 2. The molecule has 1 atom stereocenters. The Labute approximate surface area is 98.8 Å². The van der Waals surface area contributed by atoms with Crippen LogP contribution in [0.3, 0.4) is 0 Å². The number of hydrogen-bond donors (Lipinski definition) is 0. The van der Waals surface area contributed by atoms with Crippen LogP contribution in [-0.2, 0) is 11.2 Å². The molecule has 0 radical (unpaired) electrons. The van der Waals surface area contributed by atoms with Crippen LogP contribution in [0.5, 0.6) is 5.75 Å². The summed E-state index contributed by atoms with van der Waals surface area (Å²) in [5.74, 6) is 0.902. The summed E-state index contributed by atoms with van der Waals surface area (Å²) in [7, 11) is 1.64. The molecule has 3 heteroatoms. The number of ketones is 1. The molecule has 0 saturated heterocycles. The topological polar surface area (TPSA) is 26.3 Å².